The molecule has 1 aromatic rings. The van der Waals surface area contributed by atoms with E-state index in [1.165, 1.54) is 25.7 Å². The van der Waals surface area contributed by atoms with Gasteiger partial charge in [-0.1, -0.05) is 0 Å². The van der Waals surface area contributed by atoms with E-state index in [2.05, 4.69) is 30.3 Å². The Kier molecular flexibility index (Phi) is 1.61. The summed E-state index contributed by atoms with van der Waals surface area (Å²) in [5.41, 5.74) is 3.15. The topological polar surface area (TPSA) is 0 Å². The van der Waals surface area contributed by atoms with Gasteiger partial charge in [-0.3, -0.25) is 0 Å². The predicted molar refractivity (Wildman–Crippen MR) is 54.8 cm³/mol. The Labute approximate surface area is 79.6 Å². The molecule has 0 N–H and O–H groups in total. The highest BCUT2D eigenvalue weighted by molar-refractivity contribution is 5.31. The van der Waals surface area contributed by atoms with E-state index in [1.54, 1.807) is 11.1 Å². The lowest BCUT2D eigenvalue weighted by molar-refractivity contribution is 1.09. The standard InChI is InChI=1S/C13H15/c1-2-4-13(11-7-8-11)9-12(3-1)10-5-6-10/h1-4,9-11H,5-8H2/q+1. The van der Waals surface area contributed by atoms with E-state index >= 15 is 0 Å². The van der Waals surface area contributed by atoms with Crippen LogP contribution in [0.2, 0.25) is 0 Å². The third-order valence-corrected chi connectivity index (χ3v) is 3.12. The van der Waals surface area contributed by atoms with E-state index in [4.69, 9.17) is 0 Å². The summed E-state index contributed by atoms with van der Waals surface area (Å²) in [4.78, 5) is 0. The van der Waals surface area contributed by atoms with E-state index in [0.717, 1.165) is 11.8 Å². The average Bonchev–Trinajstić information content (AvgIpc) is 3.02. The summed E-state index contributed by atoms with van der Waals surface area (Å²) < 4.78 is 0. The van der Waals surface area contributed by atoms with Crippen LogP contribution < -0.4 is 0 Å². The monoisotopic (exact) mass is 171 g/mol. The molecule has 0 spiro atoms. The van der Waals surface area contributed by atoms with Gasteiger partial charge >= 0.3 is 0 Å². The molecule has 66 valence electrons. The van der Waals surface area contributed by atoms with Gasteiger partial charge in [0.25, 0.3) is 0 Å². The summed E-state index contributed by atoms with van der Waals surface area (Å²) in [5.74, 6) is 1.79. The average molecular weight is 171 g/mol. The molecule has 13 heavy (non-hydrogen) atoms. The molecule has 2 aliphatic carbocycles. The summed E-state index contributed by atoms with van der Waals surface area (Å²) in [6, 6.07) is 11.4. The van der Waals surface area contributed by atoms with Crippen molar-refractivity contribution in [1.29, 1.82) is 0 Å². The minimum absolute atomic E-state index is 0.893. The van der Waals surface area contributed by atoms with Crippen molar-refractivity contribution < 1.29 is 0 Å². The molecule has 3 rings (SSSR count). The Morgan fingerprint density at radius 1 is 1.00 bits per heavy atom. The predicted octanol–water partition coefficient (Wildman–Crippen LogP) is 3.72. The first-order chi connectivity index (χ1) is 6.43. The zero-order chi connectivity index (χ0) is 8.67. The van der Waals surface area contributed by atoms with E-state index in [9.17, 15) is 0 Å². The smallest absolute Gasteiger partial charge is 0.0445 e. The molecule has 0 unspecified atom stereocenters. The summed E-state index contributed by atoms with van der Waals surface area (Å²) in [6.07, 6.45) is 5.64. The Balaban J connectivity index is 2.00. The molecule has 0 bridgehead atoms. The van der Waals surface area contributed by atoms with Gasteiger partial charge in [0.2, 0.25) is 0 Å². The lowest BCUT2D eigenvalue weighted by atomic mass is 10.1. The van der Waals surface area contributed by atoms with Crippen molar-refractivity contribution in [2.45, 2.75) is 37.5 Å². The second kappa shape index (κ2) is 2.80. The first-order valence-corrected chi connectivity index (χ1v) is 5.37. The van der Waals surface area contributed by atoms with Gasteiger partial charge in [0, 0.05) is 47.4 Å². The first kappa shape index (κ1) is 7.49. The zero-order valence-electron chi connectivity index (χ0n) is 7.87. The third kappa shape index (κ3) is 1.58. The van der Waals surface area contributed by atoms with E-state index in [1.807, 2.05) is 0 Å². The van der Waals surface area contributed by atoms with Crippen molar-refractivity contribution in [2.24, 2.45) is 0 Å². The fraction of sp³-hybridized carbons (Fsp3) is 0.462. The lowest BCUT2D eigenvalue weighted by Crippen LogP contribution is -1.77. The van der Waals surface area contributed by atoms with Gasteiger partial charge in [-0.25, -0.2) is 0 Å². The largest absolute Gasteiger partial charge is 0.0500 e. The maximum absolute atomic E-state index is 2.44. The number of hydrogen-bond acceptors (Lipinski definition) is 0. The highest BCUT2D eigenvalue weighted by Crippen LogP contribution is 2.43. The van der Waals surface area contributed by atoms with Crippen molar-refractivity contribution in [3.8, 4) is 0 Å². The van der Waals surface area contributed by atoms with E-state index < -0.39 is 0 Å². The molecule has 2 aliphatic rings. The third-order valence-electron chi connectivity index (χ3n) is 3.12. The molecule has 0 amide bonds. The van der Waals surface area contributed by atoms with Gasteiger partial charge in [0.05, 0.1) is 0 Å². The van der Waals surface area contributed by atoms with Crippen LogP contribution in [-0.2, 0) is 0 Å². The summed E-state index contributed by atoms with van der Waals surface area (Å²) in [5, 5.41) is 0. The highest BCUT2D eigenvalue weighted by atomic mass is 14.3. The Hall–Kier alpha value is -0.910. The van der Waals surface area contributed by atoms with Crippen molar-refractivity contribution in [2.75, 3.05) is 0 Å². The molecule has 0 heterocycles. The van der Waals surface area contributed by atoms with Gasteiger partial charge in [-0.15, -0.1) is 0 Å². The number of rotatable bonds is 2. The lowest BCUT2D eigenvalue weighted by Gasteiger charge is -1.89. The molecule has 0 radical (unpaired) electrons. The SMILES string of the molecule is c1cc(C2CC2)cc(C2CC2)c[cH+]1. The van der Waals surface area contributed by atoms with Crippen LogP contribution >= 0.6 is 0 Å². The van der Waals surface area contributed by atoms with Gasteiger partial charge in [-0.2, -0.15) is 0 Å². The molecular formula is C13H15+. The molecule has 2 saturated carbocycles. The normalized spacial score (nSPS) is 21.5. The van der Waals surface area contributed by atoms with Crippen LogP contribution in [0.3, 0.4) is 0 Å². The number of hydrogen-bond donors (Lipinski definition) is 0. The summed E-state index contributed by atoms with van der Waals surface area (Å²) in [6.45, 7) is 0. The molecule has 1 aromatic carbocycles. The Bertz CT molecular complexity index is 293. The molecular weight excluding hydrogens is 156 g/mol. The van der Waals surface area contributed by atoms with Crippen LogP contribution in [0.4, 0.5) is 0 Å². The van der Waals surface area contributed by atoms with Crippen molar-refractivity contribution in [3.63, 3.8) is 0 Å². The van der Waals surface area contributed by atoms with Crippen LogP contribution in [0.25, 0.3) is 0 Å². The highest BCUT2D eigenvalue weighted by Gasteiger charge is 2.30. The minimum atomic E-state index is 0.893. The molecule has 0 aliphatic heterocycles. The fourth-order valence-electron chi connectivity index (χ4n) is 1.96. The first-order valence-electron chi connectivity index (χ1n) is 5.37. The van der Waals surface area contributed by atoms with Crippen LogP contribution in [0.5, 0.6) is 0 Å². The van der Waals surface area contributed by atoms with Gasteiger partial charge in [-0.05, 0) is 31.6 Å². The summed E-state index contributed by atoms with van der Waals surface area (Å²) in [7, 11) is 0. The summed E-state index contributed by atoms with van der Waals surface area (Å²) >= 11 is 0. The second-order valence-electron chi connectivity index (χ2n) is 4.41. The van der Waals surface area contributed by atoms with Gasteiger partial charge in [0.15, 0.2) is 0 Å². The van der Waals surface area contributed by atoms with E-state index in [0.29, 0.717) is 0 Å². The van der Waals surface area contributed by atoms with Crippen LogP contribution in [-0.4, -0.2) is 0 Å². The van der Waals surface area contributed by atoms with Crippen molar-refractivity contribution >= 4 is 0 Å². The molecule has 0 saturated heterocycles. The van der Waals surface area contributed by atoms with Crippen molar-refractivity contribution in [3.05, 3.63) is 41.5 Å². The molecule has 0 atom stereocenters. The minimum Gasteiger partial charge on any atom is -0.0445 e. The van der Waals surface area contributed by atoms with Crippen LogP contribution in [0.1, 0.15) is 48.6 Å². The maximum atomic E-state index is 2.44. The molecule has 2 fully saturated rings. The van der Waals surface area contributed by atoms with Crippen LogP contribution in [0, 0.1) is 0 Å². The Morgan fingerprint density at radius 3 is 2.38 bits per heavy atom. The fourth-order valence-corrected chi connectivity index (χ4v) is 1.96. The second-order valence-corrected chi connectivity index (χ2v) is 4.41. The van der Waals surface area contributed by atoms with Gasteiger partial charge in [0.1, 0.15) is 0 Å². The quantitative estimate of drug-likeness (QED) is 0.595. The van der Waals surface area contributed by atoms with Gasteiger partial charge < -0.3 is 0 Å². The zero-order valence-corrected chi connectivity index (χ0v) is 7.87. The molecule has 0 nitrogen and oxygen atoms in total. The maximum Gasteiger partial charge on any atom is 0.0500 e. The van der Waals surface area contributed by atoms with Crippen LogP contribution in [0.15, 0.2) is 30.3 Å². The Morgan fingerprint density at radius 2 is 1.69 bits per heavy atom. The molecule has 0 heteroatoms. The molecule has 0 aromatic heterocycles. The van der Waals surface area contributed by atoms with E-state index in [-0.39, 0.29) is 0 Å². The van der Waals surface area contributed by atoms with Crippen molar-refractivity contribution in [1.82, 2.24) is 0 Å².